The number of carboxylic acids is 1. The van der Waals surface area contributed by atoms with Crippen LogP contribution in [0.5, 0.6) is 0 Å². The molecule has 0 saturated heterocycles. The maximum absolute atomic E-state index is 13.0. The monoisotopic (exact) mass is 407 g/mol. The number of rotatable bonds is 7. The highest BCUT2D eigenvalue weighted by Crippen LogP contribution is 2.44. The van der Waals surface area contributed by atoms with Gasteiger partial charge in [0.15, 0.2) is 0 Å². The average molecular weight is 407 g/mol. The second-order valence-electron chi connectivity index (χ2n) is 7.15. The first-order valence-electron chi connectivity index (χ1n) is 9.40. The second kappa shape index (κ2) is 8.19. The summed E-state index contributed by atoms with van der Waals surface area (Å²) in [5, 5.41) is 12.8. The van der Waals surface area contributed by atoms with Crippen LogP contribution in [0.1, 0.15) is 34.9 Å². The topological polar surface area (TPSA) is 89.6 Å². The number of carbonyl (C=O) groups excluding carboxylic acids is 1. The molecule has 0 bridgehead atoms. The van der Waals surface area contributed by atoms with E-state index >= 15 is 0 Å². The molecule has 4 rings (SSSR count). The van der Waals surface area contributed by atoms with E-state index in [1.165, 1.54) is 11.3 Å². The van der Waals surface area contributed by atoms with Crippen LogP contribution in [0.3, 0.4) is 0 Å². The van der Waals surface area contributed by atoms with Crippen molar-refractivity contribution in [2.75, 3.05) is 6.61 Å². The molecule has 0 radical (unpaired) electrons. The van der Waals surface area contributed by atoms with Crippen LogP contribution in [-0.2, 0) is 14.3 Å². The van der Waals surface area contributed by atoms with E-state index in [1.54, 1.807) is 6.07 Å². The van der Waals surface area contributed by atoms with E-state index in [0.717, 1.165) is 22.3 Å². The van der Waals surface area contributed by atoms with Gasteiger partial charge in [0.2, 0.25) is 0 Å². The fourth-order valence-electron chi connectivity index (χ4n) is 4.02. The van der Waals surface area contributed by atoms with Crippen molar-refractivity contribution >= 4 is 23.3 Å². The van der Waals surface area contributed by atoms with E-state index in [0.29, 0.717) is 5.56 Å². The second-order valence-corrected chi connectivity index (χ2v) is 7.93. The first-order chi connectivity index (χ1) is 14.1. The average Bonchev–Trinajstić information content (AvgIpc) is 3.33. The lowest BCUT2D eigenvalue weighted by Gasteiger charge is -2.22. The first-order valence-corrected chi connectivity index (χ1v) is 10.3. The van der Waals surface area contributed by atoms with Crippen molar-refractivity contribution in [1.82, 2.24) is 0 Å². The molecule has 6 heteroatoms. The minimum Gasteiger partial charge on any atom is -0.481 e. The Labute approximate surface area is 172 Å². The summed E-state index contributed by atoms with van der Waals surface area (Å²) in [6, 6.07) is 17.2. The Balaban J connectivity index is 1.56. The molecule has 2 atom stereocenters. The van der Waals surface area contributed by atoms with Crippen molar-refractivity contribution in [3.8, 4) is 11.1 Å². The van der Waals surface area contributed by atoms with Gasteiger partial charge in [0.25, 0.3) is 0 Å². The third kappa shape index (κ3) is 3.81. The third-order valence-corrected chi connectivity index (χ3v) is 6.05. The lowest BCUT2D eigenvalue weighted by atomic mass is 9.92. The molecule has 1 aliphatic rings. The lowest BCUT2D eigenvalue weighted by molar-refractivity contribution is -0.146. The van der Waals surface area contributed by atoms with Crippen LogP contribution < -0.4 is 5.73 Å². The zero-order valence-corrected chi connectivity index (χ0v) is 16.5. The number of benzene rings is 2. The molecule has 0 spiro atoms. The van der Waals surface area contributed by atoms with Crippen molar-refractivity contribution in [3.63, 3.8) is 0 Å². The van der Waals surface area contributed by atoms with Crippen molar-refractivity contribution < 1.29 is 19.4 Å². The maximum atomic E-state index is 13.0. The van der Waals surface area contributed by atoms with Gasteiger partial charge < -0.3 is 15.6 Å². The number of carbonyl (C=O) groups is 2. The highest BCUT2D eigenvalue weighted by Gasteiger charge is 2.33. The van der Waals surface area contributed by atoms with Gasteiger partial charge >= 0.3 is 11.9 Å². The van der Waals surface area contributed by atoms with Crippen LogP contribution in [0, 0.1) is 0 Å². The Hall–Kier alpha value is -2.96. The summed E-state index contributed by atoms with van der Waals surface area (Å²) < 4.78 is 5.72. The summed E-state index contributed by atoms with van der Waals surface area (Å²) in [6.45, 7) is 0.188. The molecule has 0 fully saturated rings. The van der Waals surface area contributed by atoms with E-state index in [9.17, 15) is 9.59 Å². The number of hydrogen-bond acceptors (Lipinski definition) is 5. The van der Waals surface area contributed by atoms with Gasteiger partial charge in [-0.15, -0.1) is 0 Å². The van der Waals surface area contributed by atoms with E-state index in [1.807, 2.05) is 35.0 Å². The van der Waals surface area contributed by atoms with Gasteiger partial charge in [-0.2, -0.15) is 11.3 Å². The summed E-state index contributed by atoms with van der Waals surface area (Å²) in [5.74, 6) is -2.38. The van der Waals surface area contributed by atoms with Crippen molar-refractivity contribution in [2.24, 2.45) is 5.73 Å². The van der Waals surface area contributed by atoms with E-state index in [2.05, 4.69) is 24.3 Å². The molecule has 1 unspecified atom stereocenters. The van der Waals surface area contributed by atoms with Gasteiger partial charge in [-0.1, -0.05) is 48.5 Å². The number of carboxylic acid groups (broad SMARTS) is 1. The van der Waals surface area contributed by atoms with Crippen molar-refractivity contribution in [3.05, 3.63) is 82.0 Å². The number of esters is 1. The smallest absolute Gasteiger partial charge is 0.315 e. The fraction of sp³-hybridized carbons (Fsp3) is 0.217. The molecule has 1 heterocycles. The number of thiophene rings is 1. The molecule has 2 aromatic carbocycles. The zero-order valence-electron chi connectivity index (χ0n) is 15.7. The summed E-state index contributed by atoms with van der Waals surface area (Å²) in [4.78, 5) is 24.1. The Kier molecular flexibility index (Phi) is 5.47. The molecular weight excluding hydrogens is 386 g/mol. The third-order valence-electron chi connectivity index (χ3n) is 5.35. The standard InChI is InChI=1S/C23H21NO4S/c24-20(11-21(25)26)22(14-9-10-29-13-14)23(27)28-12-19-17-7-3-1-5-15(17)16-6-2-4-8-18(16)19/h1-10,13,19-20,22H,11-12,24H2,(H,25,26)/t20-,22?/m1/s1. The van der Waals surface area contributed by atoms with Gasteiger partial charge in [-0.3, -0.25) is 9.59 Å². The number of ether oxygens (including phenoxy) is 1. The molecule has 3 aromatic rings. The highest BCUT2D eigenvalue weighted by molar-refractivity contribution is 7.08. The van der Waals surface area contributed by atoms with Crippen LogP contribution in [0.4, 0.5) is 0 Å². The molecule has 29 heavy (non-hydrogen) atoms. The van der Waals surface area contributed by atoms with Gasteiger partial charge in [0, 0.05) is 12.0 Å². The van der Waals surface area contributed by atoms with Crippen LogP contribution in [0.25, 0.3) is 11.1 Å². The Morgan fingerprint density at radius 3 is 2.21 bits per heavy atom. The summed E-state index contributed by atoms with van der Waals surface area (Å²) in [6.07, 6.45) is -0.301. The normalized spacial score (nSPS) is 14.7. The van der Waals surface area contributed by atoms with Gasteiger partial charge in [-0.25, -0.2) is 0 Å². The van der Waals surface area contributed by atoms with Crippen molar-refractivity contribution in [1.29, 1.82) is 0 Å². The summed E-state index contributed by atoms with van der Waals surface area (Å²) >= 11 is 1.44. The molecule has 0 amide bonds. The van der Waals surface area contributed by atoms with Gasteiger partial charge in [0.1, 0.15) is 6.61 Å². The van der Waals surface area contributed by atoms with Crippen LogP contribution in [0.2, 0.25) is 0 Å². The Morgan fingerprint density at radius 1 is 1.03 bits per heavy atom. The molecule has 0 saturated carbocycles. The molecule has 1 aliphatic carbocycles. The van der Waals surface area contributed by atoms with Gasteiger partial charge in [0.05, 0.1) is 12.3 Å². The number of fused-ring (bicyclic) bond motifs is 3. The molecule has 5 nitrogen and oxygen atoms in total. The quantitative estimate of drug-likeness (QED) is 0.578. The molecule has 0 aliphatic heterocycles. The fourth-order valence-corrected chi connectivity index (χ4v) is 4.72. The van der Waals surface area contributed by atoms with Crippen LogP contribution in [0.15, 0.2) is 65.4 Å². The predicted molar refractivity (Wildman–Crippen MR) is 112 cm³/mol. The van der Waals surface area contributed by atoms with Gasteiger partial charge in [-0.05, 0) is 44.6 Å². The number of hydrogen-bond donors (Lipinski definition) is 2. The van der Waals surface area contributed by atoms with E-state index in [-0.39, 0.29) is 18.9 Å². The molecule has 3 N–H and O–H groups in total. The summed E-state index contributed by atoms with van der Waals surface area (Å²) in [5.41, 5.74) is 11.3. The SMILES string of the molecule is N[C@H](CC(=O)O)C(C(=O)OCC1c2ccccc2-c2ccccc21)c1ccsc1. The summed E-state index contributed by atoms with van der Waals surface area (Å²) in [7, 11) is 0. The van der Waals surface area contributed by atoms with Crippen LogP contribution in [-0.4, -0.2) is 29.7 Å². The lowest BCUT2D eigenvalue weighted by Crippen LogP contribution is -2.36. The van der Waals surface area contributed by atoms with E-state index in [4.69, 9.17) is 15.6 Å². The largest absolute Gasteiger partial charge is 0.481 e. The number of aliphatic carboxylic acids is 1. The highest BCUT2D eigenvalue weighted by atomic mass is 32.1. The first kappa shape index (κ1) is 19.4. The minimum atomic E-state index is -1.04. The van der Waals surface area contributed by atoms with Crippen LogP contribution >= 0.6 is 11.3 Å². The molecule has 148 valence electrons. The minimum absolute atomic E-state index is 0.0508. The zero-order chi connectivity index (χ0) is 20.4. The van der Waals surface area contributed by atoms with Crippen molar-refractivity contribution in [2.45, 2.75) is 24.3 Å². The number of nitrogens with two attached hydrogens (primary N) is 1. The van der Waals surface area contributed by atoms with E-state index < -0.39 is 23.9 Å². The Morgan fingerprint density at radius 2 is 1.66 bits per heavy atom. The predicted octanol–water partition coefficient (Wildman–Crippen LogP) is 3.99. The maximum Gasteiger partial charge on any atom is 0.315 e. The Bertz CT molecular complexity index is 985. The molecular formula is C23H21NO4S. The molecule has 1 aromatic heterocycles.